The minimum atomic E-state index is -0.386. The minimum absolute atomic E-state index is 0.224. The van der Waals surface area contributed by atoms with Crippen LogP contribution in [0.2, 0.25) is 10.2 Å². The third-order valence-electron chi connectivity index (χ3n) is 3.07. The van der Waals surface area contributed by atoms with Gasteiger partial charge in [-0.15, -0.1) is 0 Å². The second kappa shape index (κ2) is 5.00. The van der Waals surface area contributed by atoms with E-state index in [0.29, 0.717) is 21.5 Å². The highest BCUT2D eigenvalue weighted by Gasteiger charge is 2.14. The Morgan fingerprint density at radius 2 is 1.75 bits per heavy atom. The molecule has 0 radical (unpaired) electrons. The standard InChI is InChI=1S/C15H9Cl2FN2/c1-8-6-7-10(16)12-13(8)19-15(20-14(12)17)9-4-2-3-5-11(9)18/h2-7H,1H3. The van der Waals surface area contributed by atoms with Gasteiger partial charge in [0.05, 0.1) is 21.5 Å². The van der Waals surface area contributed by atoms with E-state index < -0.39 is 0 Å². The molecule has 2 nitrogen and oxygen atoms in total. The van der Waals surface area contributed by atoms with Crippen molar-refractivity contribution in [3.8, 4) is 11.4 Å². The summed E-state index contributed by atoms with van der Waals surface area (Å²) in [6, 6.07) is 9.92. The number of hydrogen-bond donors (Lipinski definition) is 0. The Morgan fingerprint density at radius 3 is 2.50 bits per heavy atom. The lowest BCUT2D eigenvalue weighted by Crippen LogP contribution is -1.96. The van der Waals surface area contributed by atoms with Gasteiger partial charge in [0.15, 0.2) is 5.82 Å². The van der Waals surface area contributed by atoms with Crippen molar-refractivity contribution in [2.75, 3.05) is 0 Å². The fourth-order valence-corrected chi connectivity index (χ4v) is 2.62. The van der Waals surface area contributed by atoms with Gasteiger partial charge in [-0.2, -0.15) is 0 Å². The van der Waals surface area contributed by atoms with Crippen LogP contribution in [0.25, 0.3) is 22.3 Å². The van der Waals surface area contributed by atoms with E-state index in [1.165, 1.54) is 6.07 Å². The zero-order chi connectivity index (χ0) is 14.3. The Morgan fingerprint density at radius 1 is 1.00 bits per heavy atom. The molecule has 20 heavy (non-hydrogen) atoms. The molecule has 0 spiro atoms. The number of aromatic nitrogens is 2. The van der Waals surface area contributed by atoms with Crippen LogP contribution in [-0.4, -0.2) is 9.97 Å². The molecule has 0 bridgehead atoms. The van der Waals surface area contributed by atoms with Gasteiger partial charge in [-0.25, -0.2) is 14.4 Å². The monoisotopic (exact) mass is 306 g/mol. The van der Waals surface area contributed by atoms with Crippen molar-refractivity contribution in [2.24, 2.45) is 0 Å². The van der Waals surface area contributed by atoms with Crippen LogP contribution in [0.15, 0.2) is 36.4 Å². The quantitative estimate of drug-likeness (QED) is 0.588. The van der Waals surface area contributed by atoms with E-state index in [1.54, 1.807) is 24.3 Å². The van der Waals surface area contributed by atoms with Crippen molar-refractivity contribution in [1.82, 2.24) is 9.97 Å². The van der Waals surface area contributed by atoms with Crippen LogP contribution < -0.4 is 0 Å². The van der Waals surface area contributed by atoms with Crippen molar-refractivity contribution in [1.29, 1.82) is 0 Å². The van der Waals surface area contributed by atoms with Crippen molar-refractivity contribution in [3.63, 3.8) is 0 Å². The zero-order valence-electron chi connectivity index (χ0n) is 10.5. The van der Waals surface area contributed by atoms with Crippen molar-refractivity contribution in [2.45, 2.75) is 6.92 Å². The normalized spacial score (nSPS) is 11.0. The molecule has 5 heteroatoms. The fraction of sp³-hybridized carbons (Fsp3) is 0.0667. The third kappa shape index (κ3) is 2.13. The molecule has 1 heterocycles. The Bertz CT molecular complexity index is 818. The summed E-state index contributed by atoms with van der Waals surface area (Å²) in [5, 5.41) is 1.30. The molecule has 3 rings (SSSR count). The highest BCUT2D eigenvalue weighted by molar-refractivity contribution is 6.41. The molecule has 2 aromatic carbocycles. The van der Waals surface area contributed by atoms with E-state index in [0.717, 1.165) is 5.56 Å². The van der Waals surface area contributed by atoms with Gasteiger partial charge in [0, 0.05) is 0 Å². The second-order valence-electron chi connectivity index (χ2n) is 4.41. The van der Waals surface area contributed by atoms with Crippen molar-refractivity contribution >= 4 is 34.1 Å². The molecule has 100 valence electrons. The second-order valence-corrected chi connectivity index (χ2v) is 5.17. The van der Waals surface area contributed by atoms with Gasteiger partial charge in [-0.05, 0) is 30.7 Å². The molecule has 0 unspecified atom stereocenters. The number of benzene rings is 2. The average molecular weight is 307 g/mol. The minimum Gasteiger partial charge on any atom is -0.227 e. The predicted octanol–water partition coefficient (Wildman–Crippen LogP) is 5.05. The molecule has 0 amide bonds. The van der Waals surface area contributed by atoms with Gasteiger partial charge < -0.3 is 0 Å². The number of hydrogen-bond acceptors (Lipinski definition) is 2. The Hall–Kier alpha value is -1.71. The van der Waals surface area contributed by atoms with Crippen molar-refractivity contribution < 1.29 is 4.39 Å². The van der Waals surface area contributed by atoms with E-state index in [2.05, 4.69) is 9.97 Å². The topological polar surface area (TPSA) is 25.8 Å². The fourth-order valence-electron chi connectivity index (χ4n) is 2.05. The number of fused-ring (bicyclic) bond motifs is 1. The van der Waals surface area contributed by atoms with Crippen LogP contribution in [0.3, 0.4) is 0 Å². The lowest BCUT2D eigenvalue weighted by atomic mass is 10.1. The highest BCUT2D eigenvalue weighted by Crippen LogP contribution is 2.32. The maximum atomic E-state index is 13.8. The number of rotatable bonds is 1. The number of aryl methyl sites for hydroxylation is 1. The van der Waals surface area contributed by atoms with Gasteiger partial charge in [0.1, 0.15) is 11.0 Å². The van der Waals surface area contributed by atoms with E-state index in [9.17, 15) is 4.39 Å². The maximum Gasteiger partial charge on any atom is 0.164 e. The summed E-state index contributed by atoms with van der Waals surface area (Å²) < 4.78 is 13.8. The molecule has 0 saturated heterocycles. The molecule has 0 N–H and O–H groups in total. The molecule has 0 saturated carbocycles. The first-order chi connectivity index (χ1) is 9.58. The van der Waals surface area contributed by atoms with E-state index in [1.807, 2.05) is 13.0 Å². The van der Waals surface area contributed by atoms with Crippen molar-refractivity contribution in [3.05, 3.63) is 58.0 Å². The summed E-state index contributed by atoms with van der Waals surface area (Å²) in [6.45, 7) is 1.90. The molecular formula is C15H9Cl2FN2. The van der Waals surface area contributed by atoms with Crippen LogP contribution in [0.4, 0.5) is 4.39 Å². The third-order valence-corrected chi connectivity index (χ3v) is 3.66. The first-order valence-corrected chi connectivity index (χ1v) is 6.71. The lowest BCUT2D eigenvalue weighted by Gasteiger charge is -2.08. The summed E-state index contributed by atoms with van der Waals surface area (Å²) in [7, 11) is 0. The van der Waals surface area contributed by atoms with Gasteiger partial charge in [-0.3, -0.25) is 0 Å². The zero-order valence-corrected chi connectivity index (χ0v) is 12.0. The molecule has 0 aliphatic carbocycles. The Kier molecular flexibility index (Phi) is 3.32. The van der Waals surface area contributed by atoms with E-state index in [4.69, 9.17) is 23.2 Å². The lowest BCUT2D eigenvalue weighted by molar-refractivity contribution is 0.630. The smallest absolute Gasteiger partial charge is 0.164 e. The van der Waals surface area contributed by atoms with Gasteiger partial charge >= 0.3 is 0 Å². The maximum absolute atomic E-state index is 13.8. The summed E-state index contributed by atoms with van der Waals surface area (Å²) in [5.41, 5.74) is 1.86. The van der Waals surface area contributed by atoms with Crippen LogP contribution in [0.5, 0.6) is 0 Å². The Labute approximate surface area is 125 Å². The number of nitrogens with zero attached hydrogens (tertiary/aromatic N) is 2. The van der Waals surface area contributed by atoms with Gasteiger partial charge in [0.2, 0.25) is 0 Å². The van der Waals surface area contributed by atoms with E-state index >= 15 is 0 Å². The van der Waals surface area contributed by atoms with Gasteiger partial charge in [0.25, 0.3) is 0 Å². The van der Waals surface area contributed by atoms with Crippen LogP contribution >= 0.6 is 23.2 Å². The Balaban J connectivity index is 2.36. The molecular weight excluding hydrogens is 298 g/mol. The predicted molar refractivity (Wildman–Crippen MR) is 79.7 cm³/mol. The number of halogens is 3. The van der Waals surface area contributed by atoms with E-state index in [-0.39, 0.29) is 16.8 Å². The summed E-state index contributed by atoms with van der Waals surface area (Å²) in [4.78, 5) is 8.57. The highest BCUT2D eigenvalue weighted by atomic mass is 35.5. The summed E-state index contributed by atoms with van der Waals surface area (Å²) >= 11 is 12.3. The molecule has 1 aromatic heterocycles. The summed E-state index contributed by atoms with van der Waals surface area (Å²) in [5.74, 6) is -0.131. The first-order valence-electron chi connectivity index (χ1n) is 5.95. The largest absolute Gasteiger partial charge is 0.227 e. The van der Waals surface area contributed by atoms with Gasteiger partial charge in [-0.1, -0.05) is 41.4 Å². The molecule has 0 atom stereocenters. The molecule has 0 fully saturated rings. The van der Waals surface area contributed by atoms with Crippen LogP contribution in [0, 0.1) is 12.7 Å². The summed E-state index contributed by atoms with van der Waals surface area (Å²) in [6.07, 6.45) is 0. The van der Waals surface area contributed by atoms with Crippen LogP contribution in [0.1, 0.15) is 5.56 Å². The molecule has 0 aliphatic heterocycles. The van der Waals surface area contributed by atoms with Crippen LogP contribution in [-0.2, 0) is 0 Å². The SMILES string of the molecule is Cc1ccc(Cl)c2c(Cl)nc(-c3ccccc3F)nc12. The first kappa shape index (κ1) is 13.3. The molecule has 0 aliphatic rings. The average Bonchev–Trinajstić information content (AvgIpc) is 2.43. The molecule has 3 aromatic rings.